The molecule has 1 aromatic carbocycles. The van der Waals surface area contributed by atoms with Crippen LogP contribution in [0.2, 0.25) is 0 Å². The molecule has 2 aromatic rings. The fraction of sp³-hybridized carbons (Fsp3) is 0.543. The van der Waals surface area contributed by atoms with Crippen molar-refractivity contribution in [3.8, 4) is 0 Å². The van der Waals surface area contributed by atoms with Crippen LogP contribution in [0.15, 0.2) is 40.7 Å². The monoisotopic (exact) mass is 1150 g/mol. The lowest BCUT2D eigenvalue weighted by atomic mass is 9.85. The average molecular weight is 1150 g/mol. The van der Waals surface area contributed by atoms with E-state index < -0.39 is 197 Å². The molecule has 81 heavy (non-hydrogen) atoms. The number of fused-ring (bicyclic) bond motifs is 3. The number of amides is 12. The van der Waals surface area contributed by atoms with Crippen molar-refractivity contribution in [2.45, 2.75) is 92.5 Å². The number of aliphatic hydroxyl groups is 5. The van der Waals surface area contributed by atoms with Gasteiger partial charge < -0.3 is 105 Å². The molecule has 35 heteroatoms. The van der Waals surface area contributed by atoms with E-state index in [1.807, 2.05) is 40.2 Å². The van der Waals surface area contributed by atoms with Gasteiger partial charge in [0.2, 0.25) is 70.9 Å². The van der Waals surface area contributed by atoms with Crippen LogP contribution in [0.4, 0.5) is 0 Å². The highest BCUT2D eigenvalue weighted by Crippen LogP contribution is 2.36. The first-order valence-electron chi connectivity index (χ1n) is 25.0. The topological polar surface area (TPSA) is 554 Å². The number of hydrogen-bond acceptors (Lipinski definition) is 21. The molecule has 3 aliphatic rings. The van der Waals surface area contributed by atoms with E-state index in [2.05, 4.69) is 63.1 Å². The van der Waals surface area contributed by atoms with E-state index >= 15 is 0 Å². The quantitative estimate of drug-likeness (QED) is 0.0316. The molecule has 5 rings (SSSR count). The summed E-state index contributed by atoms with van der Waals surface area (Å²) in [5.41, 5.74) is 6.64. The van der Waals surface area contributed by atoms with Gasteiger partial charge in [-0.05, 0) is 43.7 Å². The van der Waals surface area contributed by atoms with Crippen molar-refractivity contribution in [2.75, 3.05) is 65.8 Å². The number of benzene rings is 1. The highest BCUT2D eigenvalue weighted by molar-refractivity contribution is 5.97. The van der Waals surface area contributed by atoms with E-state index in [1.54, 1.807) is 6.20 Å². The molecule has 1 aromatic heterocycles. The van der Waals surface area contributed by atoms with Crippen LogP contribution in [0.5, 0.6) is 0 Å². The van der Waals surface area contributed by atoms with Gasteiger partial charge in [0, 0.05) is 17.1 Å². The number of carboxylic acids is 1. The van der Waals surface area contributed by atoms with E-state index in [9.17, 15) is 93.0 Å². The first-order valence-corrected chi connectivity index (χ1v) is 25.0. The number of para-hydroxylation sites is 1. The minimum absolute atomic E-state index is 0.0646. The van der Waals surface area contributed by atoms with Crippen LogP contribution in [0.25, 0.3) is 10.9 Å². The predicted octanol–water partition coefficient (Wildman–Crippen LogP) is -10.8. The van der Waals surface area contributed by atoms with Crippen molar-refractivity contribution in [1.29, 1.82) is 0 Å². The lowest BCUT2D eigenvalue weighted by Gasteiger charge is -2.39. The summed E-state index contributed by atoms with van der Waals surface area (Å²) >= 11 is 0. The van der Waals surface area contributed by atoms with Crippen molar-refractivity contribution in [3.63, 3.8) is 0 Å². The van der Waals surface area contributed by atoms with Crippen LogP contribution in [0.1, 0.15) is 37.7 Å². The molecular formula is C46H66N16O19. The molecule has 1 unspecified atom stereocenters. The van der Waals surface area contributed by atoms with E-state index in [-0.39, 0.29) is 12.5 Å². The number of rotatable bonds is 33. The first kappa shape index (κ1) is 64.8. The number of carboxylic acid groups (broad SMARTS) is 1. The Bertz CT molecular complexity index is 2660. The Morgan fingerprint density at radius 3 is 1.28 bits per heavy atom. The Morgan fingerprint density at radius 1 is 0.531 bits per heavy atom. The van der Waals surface area contributed by atoms with Gasteiger partial charge in [0.05, 0.1) is 84.3 Å². The maximum absolute atomic E-state index is 12.8. The zero-order valence-corrected chi connectivity index (χ0v) is 43.3. The molecule has 2 aliphatic heterocycles. The van der Waals surface area contributed by atoms with Crippen LogP contribution >= 0.6 is 0 Å². The van der Waals surface area contributed by atoms with Gasteiger partial charge in [0.1, 0.15) is 36.3 Å². The molecule has 2 bridgehead atoms. The Labute approximate surface area is 458 Å². The highest BCUT2D eigenvalue weighted by Gasteiger charge is 2.41. The van der Waals surface area contributed by atoms with E-state index in [0.29, 0.717) is 25.7 Å². The van der Waals surface area contributed by atoms with Crippen LogP contribution < -0.4 is 69.5 Å². The zero-order chi connectivity index (χ0) is 59.8. The number of aliphatic hydroxyl groups excluding tert-OH is 5. The van der Waals surface area contributed by atoms with Gasteiger partial charge in [0.15, 0.2) is 5.66 Å². The maximum Gasteiger partial charge on any atom is 0.326 e. The minimum atomic E-state index is -1.79. The summed E-state index contributed by atoms with van der Waals surface area (Å²) in [5.74, 6) is -14.0. The van der Waals surface area contributed by atoms with Gasteiger partial charge >= 0.3 is 5.97 Å². The Morgan fingerprint density at radius 2 is 0.914 bits per heavy atom. The van der Waals surface area contributed by atoms with Crippen LogP contribution in [0.3, 0.4) is 0 Å². The normalized spacial score (nSPS) is 17.6. The number of hydrogen-bond donors (Lipinski definition) is 20. The molecule has 35 nitrogen and oxygen atoms in total. The summed E-state index contributed by atoms with van der Waals surface area (Å²) in [5, 5.41) is 93.0. The number of nitrogens with two attached hydrogens (primary N) is 1. The Kier molecular flexibility index (Phi) is 25.4. The summed E-state index contributed by atoms with van der Waals surface area (Å²) in [6.45, 7) is -9.31. The number of carbonyl (C=O) groups excluding carboxylic acids is 12. The number of aromatic nitrogens is 1. The standard InChI is InChI=1S/C46H66N16O19/c47-25(9-22-11-48-26-4-2-1-3-24(22)26)39(74)49-12-34(69)54-28(17-63)40(75)50-13-35(70)55-29(18-64)41(76)51-14-36(71)56-30(19-65)42(77)52-15-37(72)57-31(20-66)43(78)53-16-38(73)58-32(21-67)44(79)59-27(45(80)81)10-33(68)60-46-7-5-23(6-8-46)61-62-46/h1-4,11,23,25,27-32,48,63-67H,5-10,12-21,47H2,(H,49,74)(H,50,75)(H,51,76)(H,52,77)(H,53,78)(H,54,69)(H,55,70)(H,56,71)(H,57,72)(H,58,73)(H,59,79)(H,60,68)(H,80,81)/t23?,25-,27?,28-,29-,30-,31-,32-,46?/m0/s1. The number of nitrogens with one attached hydrogen (secondary N) is 13. The van der Waals surface area contributed by atoms with Crippen molar-refractivity contribution in [1.82, 2.24) is 68.8 Å². The van der Waals surface area contributed by atoms with Gasteiger partial charge in [-0.15, -0.1) is 0 Å². The van der Waals surface area contributed by atoms with Gasteiger partial charge in [-0.3, -0.25) is 57.5 Å². The number of H-pyrrole nitrogens is 1. The molecule has 12 amide bonds. The molecule has 1 saturated carbocycles. The van der Waals surface area contributed by atoms with Crippen molar-refractivity contribution < 1.29 is 93.0 Å². The van der Waals surface area contributed by atoms with Gasteiger partial charge in [-0.1, -0.05) is 18.2 Å². The van der Waals surface area contributed by atoms with E-state index in [1.165, 1.54) is 0 Å². The molecule has 444 valence electrons. The molecule has 0 saturated heterocycles. The molecule has 3 heterocycles. The summed E-state index contributed by atoms with van der Waals surface area (Å²) in [6, 6.07) is -3.97. The fourth-order valence-corrected chi connectivity index (χ4v) is 7.89. The third-order valence-electron chi connectivity index (χ3n) is 12.3. The third-order valence-corrected chi connectivity index (χ3v) is 12.3. The van der Waals surface area contributed by atoms with Crippen molar-refractivity contribution in [2.24, 2.45) is 16.0 Å². The molecule has 21 N–H and O–H groups in total. The lowest BCUT2D eigenvalue weighted by molar-refractivity contribution is -0.144. The number of azo groups is 1. The second-order valence-corrected chi connectivity index (χ2v) is 18.4. The number of aliphatic carboxylic acids is 1. The maximum atomic E-state index is 12.8. The summed E-state index contributed by atoms with van der Waals surface area (Å²) in [4.78, 5) is 166. The van der Waals surface area contributed by atoms with Gasteiger partial charge in [0.25, 0.3) is 0 Å². The average Bonchev–Trinajstić information content (AvgIpc) is 3.94. The number of nitrogens with zero attached hydrogens (tertiary/aromatic N) is 2. The summed E-state index contributed by atoms with van der Waals surface area (Å²) in [7, 11) is 0. The number of carbonyl (C=O) groups is 13. The largest absolute Gasteiger partial charge is 0.480 e. The fourth-order valence-electron chi connectivity index (χ4n) is 7.89. The van der Waals surface area contributed by atoms with Gasteiger partial charge in [-0.2, -0.15) is 10.2 Å². The van der Waals surface area contributed by atoms with E-state index in [4.69, 9.17) is 5.73 Å². The second-order valence-electron chi connectivity index (χ2n) is 18.4. The molecule has 1 fully saturated rings. The van der Waals surface area contributed by atoms with E-state index in [0.717, 1.165) is 16.5 Å². The molecular weight excluding hydrogens is 1080 g/mol. The highest BCUT2D eigenvalue weighted by atomic mass is 16.4. The van der Waals surface area contributed by atoms with Gasteiger partial charge in [-0.25, -0.2) is 4.79 Å². The summed E-state index contributed by atoms with van der Waals surface area (Å²) < 4.78 is 0. The first-order chi connectivity index (χ1) is 38.5. The molecule has 1 aliphatic carbocycles. The van der Waals surface area contributed by atoms with Crippen molar-refractivity contribution in [3.05, 3.63) is 36.0 Å². The Balaban J connectivity index is 1.10. The molecule has 0 radical (unpaired) electrons. The molecule has 0 spiro atoms. The van der Waals surface area contributed by atoms with Crippen LogP contribution in [-0.2, 0) is 68.7 Å². The lowest BCUT2D eigenvalue weighted by Crippen LogP contribution is -2.57. The second kappa shape index (κ2) is 31.7. The van der Waals surface area contributed by atoms with Crippen LogP contribution in [-0.4, -0.2) is 232 Å². The number of aromatic amines is 1. The zero-order valence-electron chi connectivity index (χ0n) is 43.3. The van der Waals surface area contributed by atoms with Crippen molar-refractivity contribution >= 4 is 87.8 Å². The summed E-state index contributed by atoms with van der Waals surface area (Å²) in [6.07, 6.45) is 3.49. The third kappa shape index (κ3) is 20.4. The minimum Gasteiger partial charge on any atom is -0.480 e. The Hall–Kier alpha value is -8.77. The predicted molar refractivity (Wildman–Crippen MR) is 272 cm³/mol. The SMILES string of the molecule is N[C@@H](Cc1c[nH]c2ccccc12)C(=O)NCC(=O)N[C@@H](CO)C(=O)NCC(=O)N[C@@H](CO)C(=O)NCC(=O)N[C@@H](CO)C(=O)NCC(=O)N[C@@H](CO)C(=O)NCC(=O)N[C@@H](CO)C(=O)NC(CC(=O)NC12CCC(CC1)N=N2)C(=O)O. The molecule has 7 atom stereocenters. The van der Waals surface area contributed by atoms with Crippen LogP contribution in [0, 0.1) is 0 Å². The smallest absolute Gasteiger partial charge is 0.326 e.